The van der Waals surface area contributed by atoms with Gasteiger partial charge in [-0.1, -0.05) is 224 Å². The predicted octanol–water partition coefficient (Wildman–Crippen LogP) is 13.1. The fourth-order valence-electron chi connectivity index (χ4n) is 8.71. The van der Waals surface area contributed by atoms with Gasteiger partial charge in [0, 0.05) is 12.8 Å². The number of ether oxygens (including phenoxy) is 4. The summed E-state index contributed by atoms with van der Waals surface area (Å²) in [5.41, 5.74) is 0. The van der Waals surface area contributed by atoms with E-state index in [1.807, 2.05) is 0 Å². The first-order valence-corrected chi connectivity index (χ1v) is 29.5. The molecule has 0 spiro atoms. The predicted molar refractivity (Wildman–Crippen MR) is 275 cm³/mol. The van der Waals surface area contributed by atoms with Crippen LogP contribution in [0.2, 0.25) is 0 Å². The second-order valence-electron chi connectivity index (χ2n) is 19.6. The number of hydrogen-bond donors (Lipinski definition) is 4. The third kappa shape index (κ3) is 38.8. The number of carbonyl (C=O) groups excluding carboxylic acids is 2. The number of carbonyl (C=O) groups is 2. The quantitative estimate of drug-likeness (QED) is 0.0196. The van der Waals surface area contributed by atoms with Gasteiger partial charge in [0.25, 0.3) is 10.1 Å². The van der Waals surface area contributed by atoms with E-state index in [0.717, 1.165) is 51.4 Å². The van der Waals surface area contributed by atoms with Gasteiger partial charge >= 0.3 is 11.9 Å². The van der Waals surface area contributed by atoms with Crippen LogP contribution in [0.3, 0.4) is 0 Å². The van der Waals surface area contributed by atoms with Gasteiger partial charge in [-0.15, -0.1) is 0 Å². The average molecular weight is 987 g/mol. The summed E-state index contributed by atoms with van der Waals surface area (Å²) in [6, 6.07) is 0. The highest BCUT2D eigenvalue weighted by Gasteiger charge is 2.46. The van der Waals surface area contributed by atoms with Crippen molar-refractivity contribution in [3.8, 4) is 0 Å². The number of rotatable bonds is 48. The first-order chi connectivity index (χ1) is 33.0. The average Bonchev–Trinajstić information content (AvgIpc) is 3.31. The molecule has 68 heavy (non-hydrogen) atoms. The lowest BCUT2D eigenvalue weighted by Crippen LogP contribution is -2.60. The molecule has 12 nitrogen and oxygen atoms in total. The standard InChI is InChI=1S/C55H102O12S/c1-3-5-7-9-11-13-15-17-19-21-23-24-26-27-29-31-33-35-37-39-41-43-50(56)64-45-48(46-65-55-54(60)53(59)52(58)49(67-55)47-68(61,62)63)66-51(57)44-42-40-38-36-34-32-30-28-25-22-20-18-16-14-12-10-8-6-4-2/h12,14,18,20,48-49,52-55,58-60H,3-11,13,15-17,19,21-47H2,1-2H3,(H,61,62,63)/b14-12+,20-18+/t48-,49-,52-,53?,54?,55+/m1/s1. The van der Waals surface area contributed by atoms with E-state index < -0.39 is 71.2 Å². The summed E-state index contributed by atoms with van der Waals surface area (Å²) in [4.78, 5) is 25.6. The van der Waals surface area contributed by atoms with Gasteiger partial charge in [-0.25, -0.2) is 0 Å². The van der Waals surface area contributed by atoms with Crippen LogP contribution in [0.25, 0.3) is 0 Å². The minimum atomic E-state index is -4.61. The maximum Gasteiger partial charge on any atom is 0.306 e. The first kappa shape index (κ1) is 64.1. The molecule has 4 N–H and O–H groups in total. The minimum Gasteiger partial charge on any atom is -0.462 e. The third-order valence-corrected chi connectivity index (χ3v) is 13.8. The Morgan fingerprint density at radius 2 is 0.882 bits per heavy atom. The van der Waals surface area contributed by atoms with Gasteiger partial charge in [-0.05, 0) is 44.9 Å². The molecule has 0 saturated carbocycles. The van der Waals surface area contributed by atoms with Crippen LogP contribution >= 0.6 is 0 Å². The number of unbranched alkanes of at least 4 members (excludes halogenated alkanes) is 32. The Hall–Kier alpha value is -1.87. The molecule has 1 heterocycles. The van der Waals surface area contributed by atoms with Gasteiger partial charge in [0.15, 0.2) is 12.4 Å². The van der Waals surface area contributed by atoms with Crippen LogP contribution in [0.1, 0.15) is 258 Å². The second-order valence-corrected chi connectivity index (χ2v) is 21.1. The zero-order chi connectivity index (χ0) is 49.8. The van der Waals surface area contributed by atoms with Crippen molar-refractivity contribution in [2.24, 2.45) is 0 Å². The molecule has 0 amide bonds. The molecule has 0 aromatic heterocycles. The van der Waals surface area contributed by atoms with Crippen molar-refractivity contribution >= 4 is 22.1 Å². The third-order valence-electron chi connectivity index (χ3n) is 13.0. The molecule has 1 aliphatic rings. The molecule has 6 atom stereocenters. The molecule has 1 fully saturated rings. The summed E-state index contributed by atoms with van der Waals surface area (Å²) >= 11 is 0. The largest absolute Gasteiger partial charge is 0.462 e. The number of esters is 2. The van der Waals surface area contributed by atoms with Crippen LogP contribution in [-0.2, 0) is 38.7 Å². The molecule has 0 bridgehead atoms. The van der Waals surface area contributed by atoms with Crippen LogP contribution in [0.15, 0.2) is 24.3 Å². The van der Waals surface area contributed by atoms with E-state index in [9.17, 15) is 37.9 Å². The van der Waals surface area contributed by atoms with Crippen LogP contribution in [-0.4, -0.2) is 96.0 Å². The number of hydrogen-bond acceptors (Lipinski definition) is 11. The SMILES string of the molecule is CCCCC/C=C/C/C=C/CCCCCCCCCCCC(=O)O[C@H](COC(=O)CCCCCCCCCCCCCCCCCCCCCCC)CO[C@H]1O[C@H](CS(=O)(=O)O)[C@@H](O)C(O)C1O. The van der Waals surface area contributed by atoms with Crippen LogP contribution in [0.4, 0.5) is 0 Å². The maximum atomic E-state index is 12.9. The number of aliphatic hydroxyl groups excluding tert-OH is 3. The van der Waals surface area contributed by atoms with Crippen molar-refractivity contribution in [1.29, 1.82) is 0 Å². The highest BCUT2D eigenvalue weighted by Crippen LogP contribution is 2.24. The molecule has 1 aliphatic heterocycles. The topological polar surface area (TPSA) is 186 Å². The fourth-order valence-corrected chi connectivity index (χ4v) is 9.40. The zero-order valence-electron chi connectivity index (χ0n) is 43.2. The Bertz CT molecular complexity index is 1340. The smallest absolute Gasteiger partial charge is 0.306 e. The van der Waals surface area contributed by atoms with Gasteiger partial charge in [0.2, 0.25) is 0 Å². The summed E-state index contributed by atoms with van der Waals surface area (Å²) in [5, 5.41) is 31.0. The molecule has 400 valence electrons. The molecule has 0 aromatic carbocycles. The molecule has 0 aliphatic carbocycles. The van der Waals surface area contributed by atoms with E-state index in [1.165, 1.54) is 167 Å². The summed E-state index contributed by atoms with van der Waals surface area (Å²) in [5.74, 6) is -1.97. The van der Waals surface area contributed by atoms with Crippen molar-refractivity contribution < 1.29 is 56.8 Å². The van der Waals surface area contributed by atoms with Crippen molar-refractivity contribution in [3.63, 3.8) is 0 Å². The highest BCUT2D eigenvalue weighted by molar-refractivity contribution is 7.85. The molecule has 1 saturated heterocycles. The Labute approximate surface area is 415 Å². The Balaban J connectivity index is 2.32. The van der Waals surface area contributed by atoms with E-state index >= 15 is 0 Å². The van der Waals surface area contributed by atoms with Crippen molar-refractivity contribution in [1.82, 2.24) is 0 Å². The van der Waals surface area contributed by atoms with Crippen LogP contribution in [0, 0.1) is 0 Å². The molecule has 13 heteroatoms. The highest BCUT2D eigenvalue weighted by atomic mass is 32.2. The van der Waals surface area contributed by atoms with Crippen LogP contribution < -0.4 is 0 Å². The van der Waals surface area contributed by atoms with Crippen molar-refractivity contribution in [2.45, 2.75) is 295 Å². The summed E-state index contributed by atoms with van der Waals surface area (Å²) in [7, 11) is -4.61. The Kier molecular flexibility index (Phi) is 42.5. The van der Waals surface area contributed by atoms with E-state index in [2.05, 4.69) is 38.2 Å². The molecule has 0 aromatic rings. The summed E-state index contributed by atoms with van der Waals surface area (Å²) in [6.07, 6.45) is 43.6. The lowest BCUT2D eigenvalue weighted by atomic mass is 10.00. The second kappa shape index (κ2) is 45.0. The summed E-state index contributed by atoms with van der Waals surface area (Å²) in [6.45, 7) is 3.79. The minimum absolute atomic E-state index is 0.163. The normalized spacial score (nSPS) is 19.3. The van der Waals surface area contributed by atoms with Gasteiger partial charge in [-0.2, -0.15) is 8.42 Å². The number of allylic oxidation sites excluding steroid dienone is 4. The van der Waals surface area contributed by atoms with Crippen molar-refractivity contribution in [3.05, 3.63) is 24.3 Å². The van der Waals surface area contributed by atoms with Gasteiger partial charge in [0.1, 0.15) is 36.8 Å². The lowest BCUT2D eigenvalue weighted by molar-refractivity contribution is -0.297. The Morgan fingerprint density at radius 3 is 1.32 bits per heavy atom. The molecule has 1 rings (SSSR count). The molecule has 2 unspecified atom stereocenters. The zero-order valence-corrected chi connectivity index (χ0v) is 44.0. The number of aliphatic hydroxyl groups is 3. The van der Waals surface area contributed by atoms with Gasteiger partial charge in [-0.3, -0.25) is 14.1 Å². The lowest BCUT2D eigenvalue weighted by Gasteiger charge is -2.40. The monoisotopic (exact) mass is 987 g/mol. The van der Waals surface area contributed by atoms with Gasteiger partial charge in [0.05, 0.1) is 6.61 Å². The summed E-state index contributed by atoms with van der Waals surface area (Å²) < 4.78 is 54.4. The van der Waals surface area contributed by atoms with E-state index in [4.69, 9.17) is 18.9 Å². The first-order valence-electron chi connectivity index (χ1n) is 27.9. The van der Waals surface area contributed by atoms with E-state index in [1.54, 1.807) is 0 Å². The van der Waals surface area contributed by atoms with Crippen LogP contribution in [0.5, 0.6) is 0 Å². The maximum absolute atomic E-state index is 12.9. The van der Waals surface area contributed by atoms with E-state index in [-0.39, 0.29) is 19.4 Å². The molecule has 0 radical (unpaired) electrons. The molecular formula is C55H102O12S. The fraction of sp³-hybridized carbons (Fsp3) is 0.891. The van der Waals surface area contributed by atoms with E-state index in [0.29, 0.717) is 12.8 Å². The Morgan fingerprint density at radius 1 is 0.500 bits per heavy atom. The van der Waals surface area contributed by atoms with Crippen molar-refractivity contribution in [2.75, 3.05) is 19.0 Å². The molecular weight excluding hydrogens is 885 g/mol. The van der Waals surface area contributed by atoms with Gasteiger partial charge < -0.3 is 34.3 Å².